The third-order valence-electron chi connectivity index (χ3n) is 7.58. The molecule has 9 nitrogen and oxygen atoms in total. The van der Waals surface area contributed by atoms with Crippen LogP contribution in [0.25, 0.3) is 17.0 Å². The van der Waals surface area contributed by atoms with Gasteiger partial charge in [-0.25, -0.2) is 5.43 Å². The highest BCUT2D eigenvalue weighted by atomic mass is 16.5. The molecule has 1 aromatic carbocycles. The van der Waals surface area contributed by atoms with Gasteiger partial charge in [0.2, 0.25) is 5.91 Å². The summed E-state index contributed by atoms with van der Waals surface area (Å²) in [7, 11) is 0. The van der Waals surface area contributed by atoms with Crippen molar-refractivity contribution in [3.63, 3.8) is 0 Å². The zero-order chi connectivity index (χ0) is 29.2. The van der Waals surface area contributed by atoms with Crippen LogP contribution in [0.1, 0.15) is 71.7 Å². The standard InChI is InChI=1S/C31H41N5O4/c1-18(2)27-29(38)33-20(4)30(39)36-16-8-9-25(35-36)28(37)32-19(3)24-13-12-23-11-10-22(17-26(23)34-24)14-15-31(6,7)21(5)40-27/h10-15,17-20,25,27,35H,5,8-9,16H2,1-4,6-7H3,(H,32,37)(H,33,38)/b15-14+/t19-,20+,25+,27+/m1/s1. The highest BCUT2D eigenvalue weighted by molar-refractivity contribution is 5.90. The first kappa shape index (κ1) is 29.3. The predicted molar refractivity (Wildman–Crippen MR) is 155 cm³/mol. The molecule has 1 saturated heterocycles. The van der Waals surface area contributed by atoms with Crippen molar-refractivity contribution in [3.8, 4) is 0 Å². The average Bonchev–Trinajstić information content (AvgIpc) is 2.92. The highest BCUT2D eigenvalue weighted by Crippen LogP contribution is 2.31. The summed E-state index contributed by atoms with van der Waals surface area (Å²) < 4.78 is 6.14. The van der Waals surface area contributed by atoms with Gasteiger partial charge >= 0.3 is 0 Å². The molecule has 0 radical (unpaired) electrons. The third-order valence-corrected chi connectivity index (χ3v) is 7.58. The second-order valence-corrected chi connectivity index (χ2v) is 11.7. The van der Waals surface area contributed by atoms with Gasteiger partial charge in [0.1, 0.15) is 12.1 Å². The van der Waals surface area contributed by atoms with E-state index in [-0.39, 0.29) is 23.8 Å². The Morgan fingerprint density at radius 1 is 1.05 bits per heavy atom. The van der Waals surface area contributed by atoms with Gasteiger partial charge in [-0.3, -0.25) is 24.4 Å². The summed E-state index contributed by atoms with van der Waals surface area (Å²) in [6.07, 6.45) is 4.39. The van der Waals surface area contributed by atoms with Gasteiger partial charge < -0.3 is 15.4 Å². The molecule has 5 bridgehead atoms. The summed E-state index contributed by atoms with van der Waals surface area (Å²) in [6.45, 7) is 15.8. The van der Waals surface area contributed by atoms with Gasteiger partial charge in [0, 0.05) is 17.3 Å². The Hall–Kier alpha value is -3.72. The Balaban J connectivity index is 1.70. The number of rotatable bonds is 1. The number of carbonyl (C=O) groups is 3. The summed E-state index contributed by atoms with van der Waals surface area (Å²) in [5.74, 6) is -0.633. The number of fused-ring (bicyclic) bond motifs is 4. The van der Waals surface area contributed by atoms with E-state index in [1.165, 1.54) is 5.01 Å². The second kappa shape index (κ2) is 11.8. The molecular weight excluding hydrogens is 506 g/mol. The van der Waals surface area contributed by atoms with Crippen LogP contribution in [0.5, 0.6) is 0 Å². The number of hydrogen-bond donors (Lipinski definition) is 3. The lowest BCUT2D eigenvalue weighted by atomic mass is 9.89. The number of nitrogens with zero attached hydrogens (tertiary/aromatic N) is 2. The van der Waals surface area contributed by atoms with Gasteiger partial charge in [-0.05, 0) is 64.2 Å². The number of hydrogen-bond acceptors (Lipinski definition) is 6. The number of hydrazine groups is 1. The first-order chi connectivity index (χ1) is 18.9. The molecule has 214 valence electrons. The maximum Gasteiger partial charge on any atom is 0.261 e. The van der Waals surface area contributed by atoms with E-state index in [0.29, 0.717) is 25.1 Å². The van der Waals surface area contributed by atoms with E-state index < -0.39 is 29.5 Å². The number of allylic oxidation sites excluding steroid dienone is 1. The topological polar surface area (TPSA) is 113 Å². The smallest absolute Gasteiger partial charge is 0.261 e. The zero-order valence-corrected chi connectivity index (χ0v) is 24.3. The molecule has 9 heteroatoms. The van der Waals surface area contributed by atoms with Crippen LogP contribution in [0, 0.1) is 11.3 Å². The summed E-state index contributed by atoms with van der Waals surface area (Å²) >= 11 is 0. The van der Waals surface area contributed by atoms with E-state index in [4.69, 9.17) is 9.72 Å². The maximum absolute atomic E-state index is 13.3. The monoisotopic (exact) mass is 547 g/mol. The zero-order valence-electron chi connectivity index (χ0n) is 24.3. The number of pyridine rings is 1. The molecule has 0 unspecified atom stereocenters. The minimum atomic E-state index is -0.831. The molecule has 4 atom stereocenters. The van der Waals surface area contributed by atoms with E-state index >= 15 is 0 Å². The molecule has 0 aliphatic carbocycles. The fourth-order valence-corrected chi connectivity index (χ4v) is 4.80. The van der Waals surface area contributed by atoms with Gasteiger partial charge in [-0.2, -0.15) is 0 Å². The van der Waals surface area contributed by atoms with Crippen molar-refractivity contribution in [2.75, 3.05) is 6.54 Å². The Morgan fingerprint density at radius 3 is 2.48 bits per heavy atom. The minimum Gasteiger partial charge on any atom is -0.484 e. The molecular formula is C31H41N5O4. The molecule has 1 fully saturated rings. The quantitative estimate of drug-likeness (QED) is 0.497. The van der Waals surface area contributed by atoms with Crippen molar-refractivity contribution in [1.29, 1.82) is 0 Å². The number of ether oxygens (including phenoxy) is 1. The predicted octanol–water partition coefficient (Wildman–Crippen LogP) is 4.02. The summed E-state index contributed by atoms with van der Waals surface area (Å²) in [4.78, 5) is 44.5. The first-order valence-corrected chi connectivity index (χ1v) is 14.0. The van der Waals surface area contributed by atoms with E-state index in [1.54, 1.807) is 6.92 Å². The molecule has 0 saturated carbocycles. The van der Waals surface area contributed by atoms with Crippen molar-refractivity contribution in [2.45, 2.75) is 78.6 Å². The second-order valence-electron chi connectivity index (χ2n) is 11.7. The van der Waals surface area contributed by atoms with Crippen molar-refractivity contribution in [2.24, 2.45) is 11.3 Å². The van der Waals surface area contributed by atoms with E-state index in [1.807, 2.05) is 77.1 Å². The fraction of sp³-hybridized carbons (Fsp3) is 0.484. The van der Waals surface area contributed by atoms with Crippen LogP contribution >= 0.6 is 0 Å². The molecule has 2 aromatic rings. The van der Waals surface area contributed by atoms with Crippen LogP contribution in [-0.2, 0) is 19.1 Å². The molecule has 0 spiro atoms. The Bertz CT molecular complexity index is 1330. The van der Waals surface area contributed by atoms with Gasteiger partial charge in [0.15, 0.2) is 6.10 Å². The Kier molecular flexibility index (Phi) is 8.63. The molecule has 2 aliphatic heterocycles. The van der Waals surface area contributed by atoms with E-state index in [0.717, 1.165) is 22.2 Å². The molecule has 3 N–H and O–H groups in total. The lowest BCUT2D eigenvalue weighted by Crippen LogP contribution is -2.61. The normalized spacial score (nSPS) is 27.2. The number of aromatic nitrogens is 1. The Labute approximate surface area is 236 Å². The molecule has 3 amide bonds. The van der Waals surface area contributed by atoms with Gasteiger partial charge in [0.05, 0.1) is 23.0 Å². The number of benzene rings is 1. The van der Waals surface area contributed by atoms with Gasteiger partial charge in [0.25, 0.3) is 11.8 Å². The van der Waals surface area contributed by atoms with Crippen molar-refractivity contribution in [1.82, 2.24) is 26.1 Å². The largest absolute Gasteiger partial charge is 0.484 e. The van der Waals surface area contributed by atoms with Crippen molar-refractivity contribution >= 4 is 34.7 Å². The number of nitrogens with one attached hydrogen (secondary N) is 3. The lowest BCUT2D eigenvalue weighted by molar-refractivity contribution is -0.145. The van der Waals surface area contributed by atoms with Gasteiger partial charge in [-0.15, -0.1) is 0 Å². The van der Waals surface area contributed by atoms with Crippen LogP contribution in [-0.4, -0.2) is 52.4 Å². The molecule has 3 heterocycles. The highest BCUT2D eigenvalue weighted by Gasteiger charge is 2.34. The minimum absolute atomic E-state index is 0.163. The third kappa shape index (κ3) is 6.53. The first-order valence-electron chi connectivity index (χ1n) is 14.0. The summed E-state index contributed by atoms with van der Waals surface area (Å²) in [5, 5.41) is 8.27. The van der Waals surface area contributed by atoms with Gasteiger partial charge in [-0.1, -0.05) is 50.8 Å². The maximum atomic E-state index is 13.3. The van der Waals surface area contributed by atoms with Crippen molar-refractivity contribution < 1.29 is 19.1 Å². The van der Waals surface area contributed by atoms with Crippen LogP contribution in [0.15, 0.2) is 48.7 Å². The SMILES string of the molecule is C=C1O[C@@H](C(C)C)C(=O)N[C@@H](C)C(=O)N2CCC[C@H](N2)C(=O)N[C@H](C)c2ccc3ccc(cc3n2)/C=C/C1(C)C. The average molecular weight is 548 g/mol. The number of amides is 3. The van der Waals surface area contributed by atoms with Crippen LogP contribution in [0.4, 0.5) is 0 Å². The Morgan fingerprint density at radius 2 is 1.75 bits per heavy atom. The van der Waals surface area contributed by atoms with Crippen LogP contribution in [0.3, 0.4) is 0 Å². The van der Waals surface area contributed by atoms with E-state index in [9.17, 15) is 14.4 Å². The molecule has 1 aromatic heterocycles. The van der Waals surface area contributed by atoms with Crippen LogP contribution in [0.2, 0.25) is 0 Å². The summed E-state index contributed by atoms with van der Waals surface area (Å²) in [5.41, 5.74) is 5.00. The lowest BCUT2D eigenvalue weighted by Gasteiger charge is -2.35. The molecule has 2 aliphatic rings. The molecule has 4 rings (SSSR count). The van der Waals surface area contributed by atoms with Crippen molar-refractivity contribution in [3.05, 3.63) is 60.0 Å². The fourth-order valence-electron chi connectivity index (χ4n) is 4.80. The molecule has 40 heavy (non-hydrogen) atoms. The number of carbonyl (C=O) groups excluding carboxylic acids is 3. The van der Waals surface area contributed by atoms with Crippen LogP contribution < -0.4 is 16.1 Å². The summed E-state index contributed by atoms with van der Waals surface area (Å²) in [6, 6.07) is 8.23. The van der Waals surface area contributed by atoms with E-state index in [2.05, 4.69) is 22.6 Å².